The Hall–Kier alpha value is -0.890. The number of hydrogen-bond donors (Lipinski definition) is 3. The van der Waals surface area contributed by atoms with Gasteiger partial charge in [0.15, 0.2) is 0 Å². The molecular formula is C9H11FIN3O. The summed E-state index contributed by atoms with van der Waals surface area (Å²) in [6.07, 6.45) is 0. The van der Waals surface area contributed by atoms with E-state index >= 15 is 0 Å². The Bertz CT molecular complexity index is 372. The number of rotatable bonds is 4. The van der Waals surface area contributed by atoms with Crippen LogP contribution in [0.5, 0.6) is 0 Å². The van der Waals surface area contributed by atoms with Crippen molar-refractivity contribution in [1.82, 2.24) is 0 Å². The number of halogens is 2. The van der Waals surface area contributed by atoms with Crippen LogP contribution in [0.25, 0.3) is 0 Å². The van der Waals surface area contributed by atoms with E-state index < -0.39 is 11.9 Å². The van der Waals surface area contributed by atoms with Crippen LogP contribution in [0.3, 0.4) is 0 Å². The van der Waals surface area contributed by atoms with Gasteiger partial charge >= 0.3 is 0 Å². The number of amides is 1. The van der Waals surface area contributed by atoms with E-state index in [4.69, 9.17) is 11.5 Å². The fourth-order valence-corrected chi connectivity index (χ4v) is 1.62. The molecule has 0 aliphatic carbocycles. The number of nitrogens with two attached hydrogens (primary N) is 2. The van der Waals surface area contributed by atoms with E-state index in [-0.39, 0.29) is 12.4 Å². The molecule has 4 nitrogen and oxygen atoms in total. The van der Waals surface area contributed by atoms with Gasteiger partial charge in [-0.2, -0.15) is 0 Å². The fraction of sp³-hybridized carbons (Fsp3) is 0.222. The molecule has 0 heterocycles. The maximum absolute atomic E-state index is 12.7. The molecule has 1 rings (SSSR count). The second-order valence-electron chi connectivity index (χ2n) is 3.01. The number of primary amides is 1. The van der Waals surface area contributed by atoms with Crippen LogP contribution in [0.2, 0.25) is 0 Å². The monoisotopic (exact) mass is 323 g/mol. The molecule has 1 aromatic carbocycles. The molecule has 1 unspecified atom stereocenters. The summed E-state index contributed by atoms with van der Waals surface area (Å²) < 4.78 is 13.5. The minimum absolute atomic E-state index is 0.233. The highest BCUT2D eigenvalue weighted by Gasteiger charge is 2.09. The molecule has 0 bridgehead atoms. The number of nitrogens with one attached hydrogen (secondary N) is 1. The van der Waals surface area contributed by atoms with Gasteiger partial charge in [-0.05, 0) is 40.8 Å². The Balaban J connectivity index is 2.62. The van der Waals surface area contributed by atoms with E-state index in [0.717, 1.165) is 9.26 Å². The Morgan fingerprint density at radius 1 is 1.60 bits per heavy atom. The van der Waals surface area contributed by atoms with Gasteiger partial charge in [-0.3, -0.25) is 4.79 Å². The quantitative estimate of drug-likeness (QED) is 0.712. The largest absolute Gasteiger partial charge is 0.382 e. The topological polar surface area (TPSA) is 81.1 Å². The zero-order chi connectivity index (χ0) is 11.4. The molecule has 0 saturated heterocycles. The summed E-state index contributed by atoms with van der Waals surface area (Å²) in [5, 5.41) is 2.92. The lowest BCUT2D eigenvalue weighted by molar-refractivity contribution is -0.118. The highest BCUT2D eigenvalue weighted by atomic mass is 127. The Morgan fingerprint density at radius 2 is 2.27 bits per heavy atom. The van der Waals surface area contributed by atoms with E-state index in [0.29, 0.717) is 0 Å². The first kappa shape index (κ1) is 12.2. The number of benzene rings is 1. The molecule has 1 aromatic rings. The molecule has 0 fully saturated rings. The molecule has 82 valence electrons. The minimum atomic E-state index is -0.745. The van der Waals surface area contributed by atoms with E-state index in [1.165, 1.54) is 12.1 Å². The van der Waals surface area contributed by atoms with Crippen LogP contribution < -0.4 is 16.8 Å². The van der Waals surface area contributed by atoms with Crippen LogP contribution in [0.1, 0.15) is 0 Å². The molecule has 5 N–H and O–H groups in total. The lowest BCUT2D eigenvalue weighted by atomic mass is 10.2. The molecule has 0 saturated carbocycles. The van der Waals surface area contributed by atoms with Crippen LogP contribution in [0.4, 0.5) is 10.1 Å². The summed E-state index contributed by atoms with van der Waals surface area (Å²) in [6.45, 7) is 0.233. The second kappa shape index (κ2) is 5.26. The van der Waals surface area contributed by atoms with Crippen LogP contribution in [0.15, 0.2) is 18.2 Å². The highest BCUT2D eigenvalue weighted by Crippen LogP contribution is 2.18. The number of hydrogen-bond acceptors (Lipinski definition) is 3. The van der Waals surface area contributed by atoms with Gasteiger partial charge in [0.1, 0.15) is 11.9 Å². The molecular weight excluding hydrogens is 312 g/mol. The lowest BCUT2D eigenvalue weighted by Crippen LogP contribution is -2.41. The Labute approximate surface area is 100 Å². The Kier molecular flexibility index (Phi) is 4.28. The van der Waals surface area contributed by atoms with Gasteiger partial charge in [-0.1, -0.05) is 0 Å². The average molecular weight is 323 g/mol. The van der Waals surface area contributed by atoms with Crippen molar-refractivity contribution in [1.29, 1.82) is 0 Å². The van der Waals surface area contributed by atoms with Crippen molar-refractivity contribution in [2.45, 2.75) is 6.04 Å². The van der Waals surface area contributed by atoms with E-state index in [1.54, 1.807) is 6.07 Å². The van der Waals surface area contributed by atoms with Gasteiger partial charge in [0.05, 0.1) is 0 Å². The molecule has 0 radical (unpaired) electrons. The number of anilines is 1. The van der Waals surface area contributed by atoms with Crippen LogP contribution in [-0.4, -0.2) is 18.5 Å². The van der Waals surface area contributed by atoms with Gasteiger partial charge in [0.25, 0.3) is 0 Å². The van der Waals surface area contributed by atoms with Crippen molar-refractivity contribution in [3.05, 3.63) is 27.6 Å². The smallest absolute Gasteiger partial charge is 0.236 e. The summed E-state index contributed by atoms with van der Waals surface area (Å²) in [5.41, 5.74) is 11.2. The lowest BCUT2D eigenvalue weighted by Gasteiger charge is -2.11. The molecule has 6 heteroatoms. The first-order valence-electron chi connectivity index (χ1n) is 4.24. The minimum Gasteiger partial charge on any atom is -0.382 e. The van der Waals surface area contributed by atoms with Crippen molar-refractivity contribution >= 4 is 34.2 Å². The van der Waals surface area contributed by atoms with E-state index in [1.807, 2.05) is 22.6 Å². The van der Waals surface area contributed by atoms with Crippen molar-refractivity contribution in [3.63, 3.8) is 0 Å². The molecule has 1 atom stereocenters. The summed E-state index contributed by atoms with van der Waals surface area (Å²) in [7, 11) is 0. The molecule has 0 aliphatic rings. The normalized spacial score (nSPS) is 12.2. The van der Waals surface area contributed by atoms with Gasteiger partial charge < -0.3 is 16.8 Å². The predicted octanol–water partition coefficient (Wildman–Crippen LogP) is 0.655. The molecule has 1 amide bonds. The SMILES string of the molecule is NC(=O)C(N)CNc1ccc(F)cc1I. The number of carbonyl (C=O) groups excluding carboxylic acids is 1. The van der Waals surface area contributed by atoms with Crippen molar-refractivity contribution < 1.29 is 9.18 Å². The second-order valence-corrected chi connectivity index (χ2v) is 4.18. The summed E-state index contributed by atoms with van der Waals surface area (Å²) in [4.78, 5) is 10.7. The zero-order valence-electron chi connectivity index (χ0n) is 7.84. The van der Waals surface area contributed by atoms with Crippen molar-refractivity contribution in [2.24, 2.45) is 11.5 Å². The summed E-state index contributed by atoms with van der Waals surface area (Å²) >= 11 is 1.99. The van der Waals surface area contributed by atoms with Gasteiger partial charge in [-0.15, -0.1) is 0 Å². The maximum atomic E-state index is 12.7. The zero-order valence-corrected chi connectivity index (χ0v) is 9.99. The number of carbonyl (C=O) groups is 1. The third kappa shape index (κ3) is 3.63. The van der Waals surface area contributed by atoms with Crippen LogP contribution in [0, 0.1) is 9.39 Å². The Morgan fingerprint density at radius 3 is 2.80 bits per heavy atom. The third-order valence-corrected chi connectivity index (χ3v) is 2.70. The van der Waals surface area contributed by atoms with Crippen LogP contribution >= 0.6 is 22.6 Å². The predicted molar refractivity (Wildman–Crippen MR) is 64.8 cm³/mol. The molecule has 0 aliphatic heterocycles. The highest BCUT2D eigenvalue weighted by molar-refractivity contribution is 14.1. The average Bonchev–Trinajstić information content (AvgIpc) is 2.15. The molecule has 0 spiro atoms. The first-order chi connectivity index (χ1) is 7.00. The van der Waals surface area contributed by atoms with Gasteiger partial charge in [0, 0.05) is 15.8 Å². The summed E-state index contributed by atoms with van der Waals surface area (Å²) in [5.74, 6) is -0.872. The molecule has 15 heavy (non-hydrogen) atoms. The standard InChI is InChI=1S/C9H11FIN3O/c10-5-1-2-8(6(11)3-5)14-4-7(12)9(13)15/h1-3,7,14H,4,12H2,(H2,13,15). The first-order valence-corrected chi connectivity index (χ1v) is 5.32. The van der Waals surface area contributed by atoms with E-state index in [2.05, 4.69) is 5.32 Å². The fourth-order valence-electron chi connectivity index (χ4n) is 0.953. The maximum Gasteiger partial charge on any atom is 0.236 e. The van der Waals surface area contributed by atoms with Gasteiger partial charge in [-0.25, -0.2) is 4.39 Å². The van der Waals surface area contributed by atoms with Gasteiger partial charge in [0.2, 0.25) is 5.91 Å². The van der Waals surface area contributed by atoms with Crippen LogP contribution in [-0.2, 0) is 4.79 Å². The molecule has 0 aromatic heterocycles. The summed E-state index contributed by atoms with van der Waals surface area (Å²) in [6, 6.07) is 3.56. The third-order valence-electron chi connectivity index (χ3n) is 1.81. The van der Waals surface area contributed by atoms with Crippen molar-refractivity contribution in [2.75, 3.05) is 11.9 Å². The van der Waals surface area contributed by atoms with Crippen molar-refractivity contribution in [3.8, 4) is 0 Å². The van der Waals surface area contributed by atoms with E-state index in [9.17, 15) is 9.18 Å².